The van der Waals surface area contributed by atoms with Crippen molar-refractivity contribution in [2.75, 3.05) is 19.8 Å². The Balaban J connectivity index is 0.996. The molecule has 57 heavy (non-hydrogen) atoms. The highest BCUT2D eigenvalue weighted by atomic mass is 19.1. The Morgan fingerprint density at radius 3 is 2.60 bits per heavy atom. The van der Waals surface area contributed by atoms with E-state index in [4.69, 9.17) is 25.3 Å². The Morgan fingerprint density at radius 1 is 1.12 bits per heavy atom. The summed E-state index contributed by atoms with van der Waals surface area (Å²) in [6, 6.07) is 1.23. The van der Waals surface area contributed by atoms with Gasteiger partial charge in [0, 0.05) is 34.9 Å². The van der Waals surface area contributed by atoms with E-state index in [1.807, 2.05) is 0 Å². The van der Waals surface area contributed by atoms with Crippen LogP contribution in [-0.4, -0.2) is 87.3 Å². The largest absolute Gasteiger partial charge is 0.481 e. The highest BCUT2D eigenvalue weighted by Gasteiger charge is 2.44. The van der Waals surface area contributed by atoms with E-state index in [-0.39, 0.29) is 55.9 Å². The van der Waals surface area contributed by atoms with Gasteiger partial charge >= 0.3 is 11.9 Å². The number of carbonyl (C=O) groups is 6. The maximum Gasteiger partial charge on any atom is 0.342 e. The number of rotatable bonds is 13. The zero-order chi connectivity index (χ0) is 40.9. The van der Waals surface area contributed by atoms with E-state index < -0.39 is 77.7 Å². The van der Waals surface area contributed by atoms with E-state index in [9.17, 15) is 38.7 Å². The second kappa shape index (κ2) is 15.3. The summed E-state index contributed by atoms with van der Waals surface area (Å²) in [5.74, 6) is -5.09. The first-order valence-electron chi connectivity index (χ1n) is 18.6. The molecule has 19 heteroatoms. The van der Waals surface area contributed by atoms with Crippen molar-refractivity contribution in [2.45, 2.75) is 89.3 Å². The fourth-order valence-corrected chi connectivity index (χ4v) is 8.04. The number of cyclic esters (lactones) is 1. The van der Waals surface area contributed by atoms with Gasteiger partial charge in [-0.25, -0.2) is 14.2 Å². The zero-order valence-electron chi connectivity index (χ0n) is 31.2. The SMILES string of the molecule is Cc1c(F)cc2nc3c(c4c2c1CC[C@@H]4NC(=O)[C@H]1C[C@@H](OCNC(=O)CNC(=O)[C@H](CCC(=O)O)NC(=O)CN)C1)Cn1c-3cc2c(c1=O)COC(=O)[C@@]2(C)O. The predicted molar refractivity (Wildman–Crippen MR) is 195 cm³/mol. The van der Waals surface area contributed by atoms with Gasteiger partial charge in [0.15, 0.2) is 5.60 Å². The Kier molecular flexibility index (Phi) is 10.6. The summed E-state index contributed by atoms with van der Waals surface area (Å²) in [6.07, 6.45) is 0.758. The lowest BCUT2D eigenvalue weighted by atomic mass is 9.79. The molecule has 4 heterocycles. The molecule has 0 saturated heterocycles. The van der Waals surface area contributed by atoms with Crippen LogP contribution in [0.4, 0.5) is 4.39 Å². The molecule has 302 valence electrons. The number of halogens is 1. The number of hydrogen-bond donors (Lipinski definition) is 7. The summed E-state index contributed by atoms with van der Waals surface area (Å²) in [7, 11) is 0. The molecule has 0 radical (unpaired) electrons. The van der Waals surface area contributed by atoms with E-state index >= 15 is 4.39 Å². The third kappa shape index (κ3) is 7.33. The van der Waals surface area contributed by atoms with Gasteiger partial charge in [0.2, 0.25) is 23.6 Å². The van der Waals surface area contributed by atoms with Gasteiger partial charge < -0.3 is 51.3 Å². The maximum absolute atomic E-state index is 15.2. The third-order valence-corrected chi connectivity index (χ3v) is 11.3. The van der Waals surface area contributed by atoms with Gasteiger partial charge in [0.25, 0.3) is 5.56 Å². The Labute approximate surface area is 323 Å². The van der Waals surface area contributed by atoms with Crippen molar-refractivity contribution in [3.63, 3.8) is 0 Å². The molecular weight excluding hydrogens is 749 g/mol. The van der Waals surface area contributed by atoms with Crippen LogP contribution in [0.25, 0.3) is 22.3 Å². The average molecular weight is 792 g/mol. The average Bonchev–Trinajstić information content (AvgIpc) is 3.52. The van der Waals surface area contributed by atoms with Crippen LogP contribution in [0.5, 0.6) is 0 Å². The summed E-state index contributed by atoms with van der Waals surface area (Å²) in [6.45, 7) is 1.72. The van der Waals surface area contributed by atoms with Crippen LogP contribution in [-0.2, 0) is 63.4 Å². The Hall–Kier alpha value is -5.79. The molecular formula is C38H42FN7O11. The number of ether oxygens (including phenoxy) is 2. The van der Waals surface area contributed by atoms with Crippen molar-refractivity contribution in [1.29, 1.82) is 0 Å². The smallest absolute Gasteiger partial charge is 0.342 e. The van der Waals surface area contributed by atoms with E-state index in [1.165, 1.54) is 17.6 Å². The zero-order valence-corrected chi connectivity index (χ0v) is 31.2. The number of nitrogens with one attached hydrogen (secondary N) is 4. The molecule has 4 amide bonds. The van der Waals surface area contributed by atoms with Crippen molar-refractivity contribution in [3.8, 4) is 11.4 Å². The summed E-state index contributed by atoms with van der Waals surface area (Å²) >= 11 is 0. The molecule has 2 aliphatic heterocycles. The van der Waals surface area contributed by atoms with Gasteiger partial charge in [0.05, 0.1) is 54.2 Å². The van der Waals surface area contributed by atoms with Crippen molar-refractivity contribution in [1.82, 2.24) is 30.8 Å². The number of carboxylic acid groups (broad SMARTS) is 1. The number of carbonyl (C=O) groups excluding carboxylic acids is 5. The molecule has 0 bridgehead atoms. The van der Waals surface area contributed by atoms with Crippen LogP contribution >= 0.6 is 0 Å². The van der Waals surface area contributed by atoms with Crippen LogP contribution < -0.4 is 32.6 Å². The van der Waals surface area contributed by atoms with E-state index in [0.29, 0.717) is 53.7 Å². The minimum Gasteiger partial charge on any atom is -0.481 e. The number of nitrogens with two attached hydrogens (primary N) is 1. The summed E-state index contributed by atoms with van der Waals surface area (Å²) in [5.41, 5.74) is 6.85. The fraction of sp³-hybridized carbons (Fsp3) is 0.474. The molecule has 0 spiro atoms. The maximum atomic E-state index is 15.2. The molecule has 8 N–H and O–H groups in total. The first kappa shape index (κ1) is 39.4. The molecule has 4 aliphatic rings. The normalized spacial score (nSPS) is 21.9. The van der Waals surface area contributed by atoms with E-state index in [0.717, 1.165) is 16.5 Å². The number of benzene rings is 1. The van der Waals surface area contributed by atoms with Gasteiger partial charge in [-0.2, -0.15) is 0 Å². The minimum atomic E-state index is -2.06. The van der Waals surface area contributed by atoms with Crippen LogP contribution in [0.3, 0.4) is 0 Å². The number of amides is 4. The Bertz CT molecular complexity index is 2300. The molecule has 18 nitrogen and oxygen atoms in total. The van der Waals surface area contributed by atoms with Gasteiger partial charge in [-0.1, -0.05) is 0 Å². The van der Waals surface area contributed by atoms with Crippen LogP contribution in [0.1, 0.15) is 78.5 Å². The van der Waals surface area contributed by atoms with Crippen molar-refractivity contribution in [3.05, 3.63) is 61.7 Å². The molecule has 1 fully saturated rings. The number of aromatic nitrogens is 2. The topological polar surface area (TPSA) is 270 Å². The van der Waals surface area contributed by atoms with Crippen molar-refractivity contribution >= 4 is 46.5 Å². The van der Waals surface area contributed by atoms with Crippen molar-refractivity contribution < 1.29 is 52.8 Å². The van der Waals surface area contributed by atoms with Gasteiger partial charge in [-0.05, 0) is 68.7 Å². The van der Waals surface area contributed by atoms with Gasteiger partial charge in [-0.15, -0.1) is 0 Å². The number of esters is 1. The molecule has 2 aromatic heterocycles. The van der Waals surface area contributed by atoms with Gasteiger partial charge in [-0.3, -0.25) is 28.8 Å². The third-order valence-electron chi connectivity index (χ3n) is 11.3. The van der Waals surface area contributed by atoms with Gasteiger partial charge in [0.1, 0.15) is 25.2 Å². The monoisotopic (exact) mass is 791 g/mol. The second-order valence-electron chi connectivity index (χ2n) is 14.9. The molecule has 7 rings (SSSR count). The first-order valence-corrected chi connectivity index (χ1v) is 18.6. The number of pyridine rings is 2. The number of nitrogens with zero attached hydrogens (tertiary/aromatic N) is 2. The van der Waals surface area contributed by atoms with Crippen LogP contribution in [0, 0.1) is 18.7 Å². The number of fused-ring (bicyclic) bond motifs is 5. The van der Waals surface area contributed by atoms with Crippen LogP contribution in [0.15, 0.2) is 16.9 Å². The minimum absolute atomic E-state index is 0.109. The molecule has 1 aromatic carbocycles. The number of hydrogen-bond acceptors (Lipinski definition) is 12. The molecule has 1 saturated carbocycles. The number of aliphatic carboxylic acids is 1. The highest BCUT2D eigenvalue weighted by molar-refractivity contribution is 5.94. The highest BCUT2D eigenvalue weighted by Crippen LogP contribution is 2.46. The van der Waals surface area contributed by atoms with Crippen LogP contribution in [0.2, 0.25) is 0 Å². The Morgan fingerprint density at radius 2 is 1.88 bits per heavy atom. The number of aliphatic hydroxyl groups is 1. The summed E-state index contributed by atoms with van der Waals surface area (Å²) in [4.78, 5) is 92.1. The summed E-state index contributed by atoms with van der Waals surface area (Å²) < 4.78 is 27.6. The molecule has 0 unspecified atom stereocenters. The van der Waals surface area contributed by atoms with Crippen molar-refractivity contribution in [2.24, 2.45) is 11.7 Å². The molecule has 3 aromatic rings. The van der Waals surface area contributed by atoms with E-state index in [1.54, 1.807) is 13.0 Å². The molecule has 3 atom stereocenters. The lowest BCUT2D eigenvalue weighted by molar-refractivity contribution is -0.169. The fourth-order valence-electron chi connectivity index (χ4n) is 8.04. The lowest BCUT2D eigenvalue weighted by Crippen LogP contribution is -2.50. The van der Waals surface area contributed by atoms with E-state index in [2.05, 4.69) is 21.3 Å². The number of carboxylic acids is 1. The predicted octanol–water partition coefficient (Wildman–Crippen LogP) is -0.466. The standard InChI is InChI=1S/C38H42FN7O11/c1-16-19-3-4-24(45-34(51)17-7-18(8-17)57-15-42-29(48)12-41-35(52)25(5-6-30(49)50)43-28(47)11-40)32-20-13-46-27(33(20)44-26(31(19)32)10-23(16)39)9-22-21(36(46)53)14-56-37(54)38(22,2)55/h9-10,17-18,24-25,55H,3-8,11-15,40H2,1-2H3,(H,41,52)(H,42,48)(H,43,47)(H,45,51)(H,49,50)/t17-,18+,24-,25-,38-/m0/s1. The second-order valence-corrected chi connectivity index (χ2v) is 14.9. The first-order chi connectivity index (χ1) is 27.1. The number of aryl methyl sites for hydroxylation is 1. The lowest BCUT2D eigenvalue weighted by Gasteiger charge is -2.36. The summed E-state index contributed by atoms with van der Waals surface area (Å²) in [5, 5.41) is 31.0. The molecule has 2 aliphatic carbocycles. The quantitative estimate of drug-likeness (QED) is 0.0668.